The molecule has 0 aromatic rings. The summed E-state index contributed by atoms with van der Waals surface area (Å²) in [6.45, 7) is 1.98. The van der Waals surface area contributed by atoms with E-state index in [-0.39, 0.29) is 5.92 Å². The van der Waals surface area contributed by atoms with Crippen molar-refractivity contribution < 1.29 is 0 Å². The Balaban J connectivity index is 3.89. The van der Waals surface area contributed by atoms with Crippen molar-refractivity contribution >= 4 is 0 Å². The Morgan fingerprint density at radius 1 is 1.40 bits per heavy atom. The Morgan fingerprint density at radius 3 is 2.50 bits per heavy atom. The summed E-state index contributed by atoms with van der Waals surface area (Å²) in [6, 6.07) is 3.69. The van der Waals surface area contributed by atoms with Gasteiger partial charge in [0.2, 0.25) is 0 Å². The molecular formula is C8H8N2. The van der Waals surface area contributed by atoms with Crippen LogP contribution in [0, 0.1) is 40.4 Å². The lowest BCUT2D eigenvalue weighted by Crippen LogP contribution is -1.90. The van der Waals surface area contributed by atoms with Crippen molar-refractivity contribution in [2.45, 2.75) is 19.8 Å². The Labute approximate surface area is 61.1 Å². The summed E-state index contributed by atoms with van der Waals surface area (Å²) in [6.07, 6.45) is 1.68. The zero-order valence-corrected chi connectivity index (χ0v) is 5.89. The highest BCUT2D eigenvalue weighted by Crippen LogP contribution is 2.01. The van der Waals surface area contributed by atoms with Crippen molar-refractivity contribution in [2.24, 2.45) is 5.92 Å². The van der Waals surface area contributed by atoms with Crippen LogP contribution in [0.4, 0.5) is 0 Å². The summed E-state index contributed by atoms with van der Waals surface area (Å²) in [4.78, 5) is 0. The minimum Gasteiger partial charge on any atom is -0.197 e. The summed E-state index contributed by atoms with van der Waals surface area (Å²) < 4.78 is 0. The molecule has 2 heteroatoms. The summed E-state index contributed by atoms with van der Waals surface area (Å²) in [5, 5.41) is 16.5. The summed E-state index contributed by atoms with van der Waals surface area (Å²) >= 11 is 0. The van der Waals surface area contributed by atoms with Crippen LogP contribution in [0.15, 0.2) is 0 Å². The maximum absolute atomic E-state index is 8.42. The van der Waals surface area contributed by atoms with Crippen molar-refractivity contribution in [2.75, 3.05) is 0 Å². The molecule has 50 valence electrons. The van der Waals surface area contributed by atoms with E-state index in [1.165, 1.54) is 0 Å². The van der Waals surface area contributed by atoms with E-state index in [0.29, 0.717) is 0 Å². The van der Waals surface area contributed by atoms with Crippen molar-refractivity contribution in [1.29, 1.82) is 10.5 Å². The first kappa shape index (κ1) is 8.54. The van der Waals surface area contributed by atoms with Crippen LogP contribution in [0.2, 0.25) is 0 Å². The lowest BCUT2D eigenvalue weighted by atomic mass is 10.1. The van der Waals surface area contributed by atoms with Gasteiger partial charge >= 0.3 is 0 Å². The Morgan fingerprint density at radius 2 is 2.10 bits per heavy atom. The predicted octanol–water partition coefficient (Wildman–Crippen LogP) is 1.45. The molecular weight excluding hydrogens is 124 g/mol. The number of hydrogen-bond acceptors (Lipinski definition) is 2. The van der Waals surface area contributed by atoms with Crippen LogP contribution < -0.4 is 0 Å². The van der Waals surface area contributed by atoms with Crippen molar-refractivity contribution in [3.63, 3.8) is 0 Å². The van der Waals surface area contributed by atoms with Crippen LogP contribution in [-0.2, 0) is 0 Å². The molecule has 2 nitrogen and oxygen atoms in total. The molecule has 0 fully saturated rings. The van der Waals surface area contributed by atoms with Gasteiger partial charge in [0.05, 0.1) is 6.07 Å². The minimum atomic E-state index is -0.260. The topological polar surface area (TPSA) is 47.6 Å². The monoisotopic (exact) mass is 132 g/mol. The van der Waals surface area contributed by atoms with Crippen LogP contribution in [0.1, 0.15) is 19.8 Å². The van der Waals surface area contributed by atoms with Crippen LogP contribution in [0.5, 0.6) is 0 Å². The fourth-order valence-electron chi connectivity index (χ4n) is 0.577. The first-order chi connectivity index (χ1) is 4.85. The second-order valence-electron chi connectivity index (χ2n) is 1.85. The lowest BCUT2D eigenvalue weighted by Gasteiger charge is -1.93. The lowest BCUT2D eigenvalue weighted by molar-refractivity contribution is 0.720. The third-order valence-corrected chi connectivity index (χ3v) is 1.04. The molecule has 0 saturated heterocycles. The smallest absolute Gasteiger partial charge is 0.152 e. The second kappa shape index (κ2) is 5.67. The molecule has 0 saturated carbocycles. The highest BCUT2D eigenvalue weighted by Gasteiger charge is 1.98. The van der Waals surface area contributed by atoms with Gasteiger partial charge in [0.15, 0.2) is 6.07 Å². The average molecular weight is 132 g/mol. The minimum absolute atomic E-state index is 0.260. The molecule has 10 heavy (non-hydrogen) atoms. The molecule has 1 unspecified atom stereocenters. The van der Waals surface area contributed by atoms with Crippen molar-refractivity contribution in [3.05, 3.63) is 0 Å². The average Bonchev–Trinajstić information content (AvgIpc) is 1.98. The van der Waals surface area contributed by atoms with Gasteiger partial charge in [-0.1, -0.05) is 19.3 Å². The standard InChI is InChI=1S/C8H8N2/c1-2-4-8(7-10)5-3-6-9/h8H,2,4H2,1H3. The van der Waals surface area contributed by atoms with Gasteiger partial charge in [0, 0.05) is 5.92 Å². The first-order valence-electron chi connectivity index (χ1n) is 3.14. The van der Waals surface area contributed by atoms with Crippen molar-refractivity contribution in [1.82, 2.24) is 0 Å². The third kappa shape index (κ3) is 3.53. The molecule has 0 bridgehead atoms. The molecule has 0 spiro atoms. The molecule has 0 aliphatic heterocycles. The SMILES string of the molecule is CCCC(C#N)C#CC#N. The molecule has 0 rings (SSSR count). The van der Waals surface area contributed by atoms with Gasteiger partial charge in [0.25, 0.3) is 0 Å². The normalized spacial score (nSPS) is 9.90. The van der Waals surface area contributed by atoms with E-state index in [0.717, 1.165) is 12.8 Å². The second-order valence-corrected chi connectivity index (χ2v) is 1.85. The number of hydrogen-bond donors (Lipinski definition) is 0. The molecule has 0 aliphatic carbocycles. The van der Waals surface area contributed by atoms with Crippen LogP contribution in [0.25, 0.3) is 0 Å². The summed E-state index contributed by atoms with van der Waals surface area (Å²) in [7, 11) is 0. The van der Waals surface area contributed by atoms with Crippen LogP contribution in [-0.4, -0.2) is 0 Å². The fourth-order valence-corrected chi connectivity index (χ4v) is 0.577. The molecule has 0 aromatic carbocycles. The van der Waals surface area contributed by atoms with Crippen molar-refractivity contribution in [3.8, 4) is 24.0 Å². The number of nitriles is 2. The highest BCUT2D eigenvalue weighted by atomic mass is 14.3. The largest absolute Gasteiger partial charge is 0.197 e. The van der Waals surface area contributed by atoms with E-state index in [9.17, 15) is 0 Å². The quantitative estimate of drug-likeness (QED) is 0.534. The number of nitrogens with zero attached hydrogens (tertiary/aromatic N) is 2. The molecule has 0 heterocycles. The van der Waals surface area contributed by atoms with Crippen LogP contribution in [0.3, 0.4) is 0 Å². The Hall–Kier alpha value is -1.46. The third-order valence-electron chi connectivity index (χ3n) is 1.04. The molecule has 0 aromatic heterocycles. The van der Waals surface area contributed by atoms with E-state index in [2.05, 4.69) is 11.8 Å². The summed E-state index contributed by atoms with van der Waals surface area (Å²) in [5.41, 5.74) is 0. The summed E-state index contributed by atoms with van der Waals surface area (Å²) in [5.74, 6) is 4.51. The van der Waals surface area contributed by atoms with E-state index >= 15 is 0 Å². The Bertz CT molecular complexity index is 218. The van der Waals surface area contributed by atoms with Gasteiger partial charge in [-0.25, -0.2) is 0 Å². The van der Waals surface area contributed by atoms with Gasteiger partial charge < -0.3 is 0 Å². The highest BCUT2D eigenvalue weighted by molar-refractivity contribution is 5.21. The number of rotatable bonds is 2. The maximum Gasteiger partial charge on any atom is 0.152 e. The molecule has 0 N–H and O–H groups in total. The fraction of sp³-hybridized carbons (Fsp3) is 0.500. The molecule has 0 radical (unpaired) electrons. The van der Waals surface area contributed by atoms with E-state index in [4.69, 9.17) is 10.5 Å². The van der Waals surface area contributed by atoms with E-state index in [1.54, 1.807) is 6.07 Å². The van der Waals surface area contributed by atoms with E-state index in [1.807, 2.05) is 13.0 Å². The van der Waals surface area contributed by atoms with Gasteiger partial charge in [-0.15, -0.1) is 0 Å². The zero-order valence-electron chi connectivity index (χ0n) is 5.89. The molecule has 0 aliphatic rings. The Kier molecular flexibility index (Phi) is 4.84. The van der Waals surface area contributed by atoms with Gasteiger partial charge in [-0.05, 0) is 6.42 Å². The molecule has 0 amide bonds. The van der Waals surface area contributed by atoms with E-state index < -0.39 is 0 Å². The predicted molar refractivity (Wildman–Crippen MR) is 37.4 cm³/mol. The van der Waals surface area contributed by atoms with Gasteiger partial charge in [-0.2, -0.15) is 10.5 Å². The van der Waals surface area contributed by atoms with Crippen LogP contribution >= 0.6 is 0 Å². The van der Waals surface area contributed by atoms with Gasteiger partial charge in [-0.3, -0.25) is 0 Å². The van der Waals surface area contributed by atoms with Gasteiger partial charge in [0.1, 0.15) is 5.92 Å². The zero-order chi connectivity index (χ0) is 7.82. The maximum atomic E-state index is 8.42. The molecule has 1 atom stereocenters. The first-order valence-corrected chi connectivity index (χ1v) is 3.14.